The zero-order valence-electron chi connectivity index (χ0n) is 10.9. The molecule has 0 amide bonds. The van der Waals surface area contributed by atoms with Gasteiger partial charge in [-0.1, -0.05) is 0 Å². The highest BCUT2D eigenvalue weighted by atomic mass is 19.1. The van der Waals surface area contributed by atoms with E-state index in [1.807, 2.05) is 13.8 Å². The Morgan fingerprint density at radius 3 is 2.33 bits per heavy atom. The van der Waals surface area contributed by atoms with Crippen molar-refractivity contribution in [1.29, 1.82) is 0 Å². The average molecular weight is 250 g/mol. The van der Waals surface area contributed by atoms with Gasteiger partial charge in [-0.3, -0.25) is 9.69 Å². The molecule has 0 saturated carbocycles. The summed E-state index contributed by atoms with van der Waals surface area (Å²) in [6.45, 7) is 7.40. The summed E-state index contributed by atoms with van der Waals surface area (Å²) in [6, 6.07) is 5.78. The van der Waals surface area contributed by atoms with Crippen molar-refractivity contribution in [2.24, 2.45) is 0 Å². The number of carbonyl (C=O) groups excluding carboxylic acids is 1. The van der Waals surface area contributed by atoms with Gasteiger partial charge < -0.3 is 5.32 Å². The lowest BCUT2D eigenvalue weighted by Crippen LogP contribution is -2.57. The molecule has 0 spiro atoms. The van der Waals surface area contributed by atoms with Crippen LogP contribution in [0.2, 0.25) is 0 Å². The number of nitrogens with one attached hydrogen (secondary N) is 1. The SMILES string of the molecule is CC(C)(C(=O)c1ccc(F)cc1)N1CCNCC1. The molecule has 2 rings (SSSR count). The van der Waals surface area contributed by atoms with Crippen molar-refractivity contribution in [1.82, 2.24) is 10.2 Å². The topological polar surface area (TPSA) is 32.3 Å². The monoisotopic (exact) mass is 250 g/mol. The van der Waals surface area contributed by atoms with Crippen molar-refractivity contribution < 1.29 is 9.18 Å². The minimum atomic E-state index is -0.542. The van der Waals surface area contributed by atoms with E-state index in [1.54, 1.807) is 12.1 Å². The van der Waals surface area contributed by atoms with Gasteiger partial charge >= 0.3 is 0 Å². The van der Waals surface area contributed by atoms with Gasteiger partial charge in [0.15, 0.2) is 5.78 Å². The number of piperazine rings is 1. The number of hydrogen-bond donors (Lipinski definition) is 1. The van der Waals surface area contributed by atoms with Crippen LogP contribution >= 0.6 is 0 Å². The van der Waals surface area contributed by atoms with Crippen molar-refractivity contribution in [2.45, 2.75) is 19.4 Å². The first-order valence-electron chi connectivity index (χ1n) is 6.28. The van der Waals surface area contributed by atoms with E-state index >= 15 is 0 Å². The summed E-state index contributed by atoms with van der Waals surface area (Å²) < 4.78 is 12.9. The summed E-state index contributed by atoms with van der Waals surface area (Å²) in [5, 5.41) is 3.27. The number of halogens is 1. The van der Waals surface area contributed by atoms with Crippen LogP contribution in [0.5, 0.6) is 0 Å². The van der Waals surface area contributed by atoms with Gasteiger partial charge in [0.2, 0.25) is 0 Å². The third-order valence-corrected chi connectivity index (χ3v) is 3.57. The quantitative estimate of drug-likeness (QED) is 0.829. The molecular formula is C14H19FN2O. The summed E-state index contributed by atoms with van der Waals surface area (Å²) in [6.07, 6.45) is 0. The Morgan fingerprint density at radius 2 is 1.78 bits per heavy atom. The molecular weight excluding hydrogens is 231 g/mol. The molecule has 1 aromatic carbocycles. The largest absolute Gasteiger partial charge is 0.314 e. The van der Waals surface area contributed by atoms with E-state index in [4.69, 9.17) is 0 Å². The van der Waals surface area contributed by atoms with E-state index < -0.39 is 5.54 Å². The first-order valence-corrected chi connectivity index (χ1v) is 6.28. The average Bonchev–Trinajstić information content (AvgIpc) is 2.40. The number of carbonyl (C=O) groups is 1. The second kappa shape index (κ2) is 5.16. The lowest BCUT2D eigenvalue weighted by molar-refractivity contribution is 0.0602. The van der Waals surface area contributed by atoms with Gasteiger partial charge in [0.1, 0.15) is 5.82 Å². The molecule has 0 atom stereocenters. The van der Waals surface area contributed by atoms with Crippen LogP contribution in [0.4, 0.5) is 4.39 Å². The van der Waals surface area contributed by atoms with Crippen molar-refractivity contribution in [3.05, 3.63) is 35.6 Å². The highest BCUT2D eigenvalue weighted by Gasteiger charge is 2.35. The first kappa shape index (κ1) is 13.2. The van der Waals surface area contributed by atoms with E-state index in [-0.39, 0.29) is 11.6 Å². The molecule has 0 aliphatic carbocycles. The molecule has 1 aliphatic rings. The Morgan fingerprint density at radius 1 is 1.22 bits per heavy atom. The maximum absolute atomic E-state index is 12.9. The Kier molecular flexibility index (Phi) is 3.78. The molecule has 3 nitrogen and oxygen atoms in total. The highest BCUT2D eigenvalue weighted by molar-refractivity contribution is 6.02. The summed E-state index contributed by atoms with van der Waals surface area (Å²) >= 11 is 0. The number of ketones is 1. The van der Waals surface area contributed by atoms with Gasteiger partial charge in [0, 0.05) is 31.7 Å². The molecule has 0 bridgehead atoms. The van der Waals surface area contributed by atoms with Gasteiger partial charge in [0.25, 0.3) is 0 Å². The predicted molar refractivity (Wildman–Crippen MR) is 69.3 cm³/mol. The van der Waals surface area contributed by atoms with Gasteiger partial charge in [-0.2, -0.15) is 0 Å². The second-order valence-corrected chi connectivity index (χ2v) is 5.13. The minimum absolute atomic E-state index is 0.0457. The molecule has 4 heteroatoms. The normalized spacial score (nSPS) is 17.7. The van der Waals surface area contributed by atoms with Gasteiger partial charge in [-0.05, 0) is 38.1 Å². The van der Waals surface area contributed by atoms with E-state index in [1.165, 1.54) is 12.1 Å². The third kappa shape index (κ3) is 2.60. The minimum Gasteiger partial charge on any atom is -0.314 e. The van der Waals surface area contributed by atoms with Crippen LogP contribution in [0.15, 0.2) is 24.3 Å². The molecule has 1 aromatic rings. The van der Waals surface area contributed by atoms with Gasteiger partial charge in [-0.15, -0.1) is 0 Å². The lowest BCUT2D eigenvalue weighted by atomic mass is 9.90. The predicted octanol–water partition coefficient (Wildman–Crippen LogP) is 1.69. The Balaban J connectivity index is 2.17. The number of rotatable bonds is 3. The van der Waals surface area contributed by atoms with Crippen molar-refractivity contribution in [2.75, 3.05) is 26.2 Å². The van der Waals surface area contributed by atoms with E-state index in [9.17, 15) is 9.18 Å². The fourth-order valence-corrected chi connectivity index (χ4v) is 2.32. The third-order valence-electron chi connectivity index (χ3n) is 3.57. The number of benzene rings is 1. The summed E-state index contributed by atoms with van der Waals surface area (Å²) in [7, 11) is 0. The van der Waals surface area contributed by atoms with Gasteiger partial charge in [-0.25, -0.2) is 4.39 Å². The van der Waals surface area contributed by atoms with Crippen LogP contribution in [0.3, 0.4) is 0 Å². The molecule has 1 aliphatic heterocycles. The van der Waals surface area contributed by atoms with Crippen LogP contribution in [-0.2, 0) is 0 Å². The Labute approximate surface area is 107 Å². The van der Waals surface area contributed by atoms with Crippen molar-refractivity contribution >= 4 is 5.78 Å². The molecule has 1 saturated heterocycles. The van der Waals surface area contributed by atoms with Crippen LogP contribution in [0.25, 0.3) is 0 Å². The van der Waals surface area contributed by atoms with E-state index in [2.05, 4.69) is 10.2 Å². The number of hydrogen-bond acceptors (Lipinski definition) is 3. The Bertz CT molecular complexity index is 422. The molecule has 0 unspecified atom stereocenters. The fraction of sp³-hybridized carbons (Fsp3) is 0.500. The Hall–Kier alpha value is -1.26. The summed E-state index contributed by atoms with van der Waals surface area (Å²) in [5.74, 6) is -0.268. The summed E-state index contributed by atoms with van der Waals surface area (Å²) in [5.41, 5.74) is 0.0276. The molecule has 0 aromatic heterocycles. The number of Topliss-reactive ketones (excluding diaryl/α,β-unsaturated/α-hetero) is 1. The van der Waals surface area contributed by atoms with Crippen LogP contribution < -0.4 is 5.32 Å². The zero-order valence-corrected chi connectivity index (χ0v) is 10.9. The van der Waals surface area contributed by atoms with E-state index in [0.29, 0.717) is 5.56 Å². The summed E-state index contributed by atoms with van der Waals surface area (Å²) in [4.78, 5) is 14.7. The molecule has 0 radical (unpaired) electrons. The fourth-order valence-electron chi connectivity index (χ4n) is 2.32. The molecule has 1 fully saturated rings. The van der Waals surface area contributed by atoms with Gasteiger partial charge in [0.05, 0.1) is 5.54 Å². The molecule has 1 heterocycles. The first-order chi connectivity index (χ1) is 8.51. The molecule has 98 valence electrons. The highest BCUT2D eigenvalue weighted by Crippen LogP contribution is 2.21. The van der Waals surface area contributed by atoms with Crippen molar-refractivity contribution in [3.63, 3.8) is 0 Å². The van der Waals surface area contributed by atoms with Crippen molar-refractivity contribution in [3.8, 4) is 0 Å². The smallest absolute Gasteiger partial charge is 0.182 e. The van der Waals surface area contributed by atoms with E-state index in [0.717, 1.165) is 26.2 Å². The molecule has 18 heavy (non-hydrogen) atoms. The second-order valence-electron chi connectivity index (χ2n) is 5.13. The lowest BCUT2D eigenvalue weighted by Gasteiger charge is -2.40. The standard InChI is InChI=1S/C14H19FN2O/c1-14(2,17-9-7-16-8-10-17)13(18)11-3-5-12(15)6-4-11/h3-6,16H,7-10H2,1-2H3. The maximum atomic E-state index is 12.9. The number of nitrogens with zero attached hydrogens (tertiary/aromatic N) is 1. The molecule has 1 N–H and O–H groups in total. The van der Waals surface area contributed by atoms with Crippen LogP contribution in [-0.4, -0.2) is 42.4 Å². The van der Waals surface area contributed by atoms with Crippen LogP contribution in [0.1, 0.15) is 24.2 Å². The van der Waals surface area contributed by atoms with Crippen LogP contribution in [0, 0.1) is 5.82 Å². The zero-order chi connectivity index (χ0) is 13.2. The maximum Gasteiger partial charge on any atom is 0.182 e.